The van der Waals surface area contributed by atoms with Crippen LogP contribution in [0.25, 0.3) is 0 Å². The summed E-state index contributed by atoms with van der Waals surface area (Å²) < 4.78 is 0. The van der Waals surface area contributed by atoms with Crippen molar-refractivity contribution in [1.82, 2.24) is 0 Å². The van der Waals surface area contributed by atoms with E-state index in [1.807, 2.05) is 132 Å². The predicted octanol–water partition coefficient (Wildman–Crippen LogP) is 17.3. The number of phenolic OH excluding ortho intramolecular Hbond substituents is 4. The topological polar surface area (TPSA) is 230 Å². The normalized spacial score (nSPS) is 12.1. The molecular weight excluding hydrogens is 1070 g/mol. The van der Waals surface area contributed by atoms with Crippen LogP contribution in [0.5, 0.6) is 23.0 Å². The van der Waals surface area contributed by atoms with Crippen molar-refractivity contribution in [2.45, 2.75) is 243 Å². The molecule has 4 aromatic rings. The maximum absolute atomic E-state index is 11.0. The van der Waals surface area contributed by atoms with Gasteiger partial charge in [-0.1, -0.05) is 248 Å². The smallest absolute Gasteiger partial charge is 0.331 e. The first kappa shape index (κ1) is 77.9. The van der Waals surface area contributed by atoms with Crippen molar-refractivity contribution in [2.24, 2.45) is 0 Å². The highest BCUT2D eigenvalue weighted by Gasteiger charge is 2.30. The van der Waals surface area contributed by atoms with Crippen molar-refractivity contribution in [3.8, 4) is 23.0 Å². The number of hydrogen-bond donors (Lipinski definition) is 8. The third-order valence-electron chi connectivity index (χ3n) is 14.3. The van der Waals surface area contributed by atoms with E-state index in [0.717, 1.165) is 44.5 Å². The summed E-state index contributed by atoms with van der Waals surface area (Å²) in [6.45, 7) is 63.8. The van der Waals surface area contributed by atoms with Crippen molar-refractivity contribution < 1.29 is 60.0 Å². The van der Waals surface area contributed by atoms with Gasteiger partial charge in [-0.05, 0) is 110 Å². The van der Waals surface area contributed by atoms with Gasteiger partial charge in [0.15, 0.2) is 0 Å². The molecule has 0 radical (unpaired) electrons. The number of phenols is 4. The van der Waals surface area contributed by atoms with Crippen molar-refractivity contribution in [3.05, 3.63) is 164 Å². The number of hydrogen-bond acceptors (Lipinski definition) is 8. The number of carboxylic acids is 4. The molecule has 12 nitrogen and oxygen atoms in total. The second-order valence-electron chi connectivity index (χ2n) is 30.5. The van der Waals surface area contributed by atoms with Gasteiger partial charge in [0.25, 0.3) is 0 Å². The maximum atomic E-state index is 11.0. The number of benzene rings is 4. The van der Waals surface area contributed by atoms with E-state index in [0.29, 0.717) is 22.3 Å². The van der Waals surface area contributed by atoms with Crippen LogP contribution in [-0.2, 0) is 88.2 Å². The molecule has 0 aliphatic rings. The van der Waals surface area contributed by atoms with Crippen LogP contribution in [0.2, 0.25) is 0 Å². The largest absolute Gasteiger partial charge is 0.507 e. The van der Waals surface area contributed by atoms with Gasteiger partial charge in [-0.2, -0.15) is 0 Å². The molecule has 472 valence electrons. The lowest BCUT2D eigenvalue weighted by Crippen LogP contribution is -2.18. The predicted molar refractivity (Wildman–Crippen MR) is 351 cm³/mol. The fraction of sp³-hybridized carbons (Fsp3) is 0.507. The average molecular weight is 1180 g/mol. The zero-order chi connectivity index (χ0) is 66.3. The molecule has 0 unspecified atom stereocenters. The fourth-order valence-electron chi connectivity index (χ4n) is 8.56. The number of carboxylic acid groups (broad SMARTS) is 4. The Morgan fingerprint density at radius 1 is 0.282 bits per heavy atom. The van der Waals surface area contributed by atoms with Crippen LogP contribution < -0.4 is 0 Å². The van der Waals surface area contributed by atoms with Gasteiger partial charge < -0.3 is 40.9 Å². The molecule has 12 heteroatoms. The van der Waals surface area contributed by atoms with Crippen molar-refractivity contribution in [2.75, 3.05) is 0 Å². The first-order chi connectivity index (χ1) is 37.3. The molecule has 0 bridgehead atoms. The quantitative estimate of drug-likeness (QED) is 0.0620. The number of carbonyl (C=O) groups is 4. The van der Waals surface area contributed by atoms with Gasteiger partial charge >= 0.3 is 23.9 Å². The second-order valence-corrected chi connectivity index (χ2v) is 30.5. The third-order valence-corrected chi connectivity index (χ3v) is 14.3. The van der Waals surface area contributed by atoms with Gasteiger partial charge in [0.05, 0.1) is 0 Å². The van der Waals surface area contributed by atoms with Gasteiger partial charge in [0.1, 0.15) is 23.0 Å². The Kier molecular flexibility index (Phi) is 26.0. The molecule has 0 aliphatic carbocycles. The van der Waals surface area contributed by atoms with Gasteiger partial charge in [-0.3, -0.25) is 0 Å². The van der Waals surface area contributed by atoms with E-state index < -0.39 is 23.9 Å². The Hall–Kier alpha value is -7.08. The Labute approximate surface area is 511 Å². The van der Waals surface area contributed by atoms with Crippen LogP contribution in [0, 0.1) is 0 Å². The molecule has 0 amide bonds. The lowest BCUT2D eigenvalue weighted by atomic mass is 9.78. The summed E-state index contributed by atoms with van der Waals surface area (Å²) >= 11 is 0. The lowest BCUT2D eigenvalue weighted by Gasteiger charge is -2.27. The Bertz CT molecular complexity index is 2700. The molecule has 0 saturated carbocycles. The minimum atomic E-state index is -1.03. The van der Waals surface area contributed by atoms with Crippen LogP contribution >= 0.6 is 0 Å². The summed E-state index contributed by atoms with van der Waals surface area (Å²) in [4.78, 5) is 44.0. The average Bonchev–Trinajstić information content (AvgIpc) is 3.12. The summed E-state index contributed by atoms with van der Waals surface area (Å²) in [5.41, 5.74) is 9.31. The highest BCUT2D eigenvalue weighted by molar-refractivity contribution is 5.88. The number of aromatic hydroxyl groups is 4. The molecule has 4 aromatic carbocycles. The van der Waals surface area contributed by atoms with Crippen LogP contribution in [0.3, 0.4) is 0 Å². The summed E-state index contributed by atoms with van der Waals surface area (Å²) in [5, 5.41) is 78.1. The molecule has 85 heavy (non-hydrogen) atoms. The van der Waals surface area contributed by atoms with Crippen LogP contribution in [-0.4, -0.2) is 64.7 Å². The zero-order valence-corrected chi connectivity index (χ0v) is 55.5. The van der Waals surface area contributed by atoms with Crippen molar-refractivity contribution in [1.29, 1.82) is 0 Å². The Balaban J connectivity index is 0.00000110. The Morgan fingerprint density at radius 2 is 0.412 bits per heavy atom. The summed E-state index contributed by atoms with van der Waals surface area (Å²) in [6, 6.07) is 15.6. The van der Waals surface area contributed by atoms with Gasteiger partial charge in [-0.25, -0.2) is 19.2 Å². The zero-order valence-electron chi connectivity index (χ0n) is 55.5. The molecular formula is C73H108O12. The maximum Gasteiger partial charge on any atom is 0.331 e. The molecule has 8 N–H and O–H groups in total. The summed E-state index contributed by atoms with van der Waals surface area (Å²) in [6.07, 6.45) is 0.588. The molecule has 0 heterocycles. The molecule has 0 spiro atoms. The van der Waals surface area contributed by atoms with E-state index in [1.54, 1.807) is 0 Å². The lowest BCUT2D eigenvalue weighted by molar-refractivity contribution is -0.133. The van der Waals surface area contributed by atoms with Crippen molar-refractivity contribution >= 4 is 23.9 Å². The summed E-state index contributed by atoms with van der Waals surface area (Å²) in [7, 11) is 0. The molecule has 0 aliphatic heterocycles. The van der Waals surface area contributed by atoms with Crippen LogP contribution in [0.4, 0.5) is 0 Å². The van der Waals surface area contributed by atoms with Gasteiger partial charge in [-0.15, -0.1) is 0 Å². The third kappa shape index (κ3) is 23.0. The van der Waals surface area contributed by atoms with E-state index in [1.165, 1.54) is 0 Å². The van der Waals surface area contributed by atoms with E-state index in [4.69, 9.17) is 20.4 Å². The SMILES string of the molecule is C.C=C(Cc1cc(C(C)(C)C)cc(C(C)(C)C)c1O)C(=O)O.C=C(Cc1cc(C(C)(C)C)cc(C(C)(C)C)c1O)C(=O)O.C=C(Cc1cc(C(C)(C)C)cc(C(C)(C)C)c1O)C(=O)O.C=C(Cc1cc(C(C)(C)C)cc(C(C)(C)C)c1O)C(=O)O. The fourth-order valence-corrected chi connectivity index (χ4v) is 8.56. The Morgan fingerprint density at radius 3 is 0.506 bits per heavy atom. The van der Waals surface area contributed by atoms with Gasteiger partial charge in [0, 0.05) is 48.0 Å². The highest BCUT2D eigenvalue weighted by atomic mass is 16.4. The molecule has 0 aromatic heterocycles. The minimum Gasteiger partial charge on any atom is -0.507 e. The highest BCUT2D eigenvalue weighted by Crippen LogP contribution is 2.43. The first-order valence-electron chi connectivity index (χ1n) is 28.5. The standard InChI is InChI=1S/4C18H26O3.CH4/c4*1-11(16(20)21)8-12-9-13(17(2,3)4)10-14(15(12)19)18(5,6)7;/h4*9-10,19H,1,8H2,2-7H3,(H,20,21);1H4. The van der Waals surface area contributed by atoms with E-state index >= 15 is 0 Å². The van der Waals surface area contributed by atoms with Gasteiger partial charge in [0.2, 0.25) is 0 Å². The number of rotatable bonds is 12. The first-order valence-corrected chi connectivity index (χ1v) is 28.5. The van der Waals surface area contributed by atoms with E-state index in [-0.39, 0.29) is 122 Å². The monoisotopic (exact) mass is 1180 g/mol. The molecule has 0 saturated heterocycles. The molecule has 0 atom stereocenters. The number of aliphatic carboxylic acids is 4. The van der Waals surface area contributed by atoms with Crippen molar-refractivity contribution in [3.63, 3.8) is 0 Å². The van der Waals surface area contributed by atoms with Crippen LogP contribution in [0.1, 0.15) is 240 Å². The minimum absolute atomic E-state index is 0. The second kappa shape index (κ2) is 28.4. The molecule has 0 fully saturated rings. The summed E-state index contributed by atoms with van der Waals surface area (Å²) in [5.74, 6) is -3.42. The van der Waals surface area contributed by atoms with Crippen LogP contribution in [0.15, 0.2) is 97.1 Å². The molecule has 4 rings (SSSR count). The van der Waals surface area contributed by atoms with E-state index in [2.05, 4.69) is 109 Å². The van der Waals surface area contributed by atoms with E-state index in [9.17, 15) is 39.6 Å².